The zero-order valence-corrected chi connectivity index (χ0v) is 11.5. The number of nitrogens with zero attached hydrogens (tertiary/aromatic N) is 2. The molecule has 0 bridgehead atoms. The molecule has 1 aliphatic heterocycles. The van der Waals surface area contributed by atoms with Crippen LogP contribution in [0.25, 0.3) is 10.4 Å². The summed E-state index contributed by atoms with van der Waals surface area (Å²) in [5, 5.41) is 1.06. The number of hydrogen-bond donors (Lipinski definition) is 1. The molecule has 1 amide bonds. The van der Waals surface area contributed by atoms with Crippen LogP contribution < -0.4 is 10.6 Å². The molecule has 2 aromatic rings. The van der Waals surface area contributed by atoms with Gasteiger partial charge >= 0.3 is 0 Å². The number of carbonyl (C=O) groups is 1. The summed E-state index contributed by atoms with van der Waals surface area (Å²) in [5.41, 5.74) is 8.77. The van der Waals surface area contributed by atoms with E-state index in [0.717, 1.165) is 33.1 Å². The molecule has 2 heterocycles. The molecule has 0 atom stereocenters. The van der Waals surface area contributed by atoms with Gasteiger partial charge in [0.15, 0.2) is 0 Å². The molecule has 0 unspecified atom stereocenters. The van der Waals surface area contributed by atoms with Crippen molar-refractivity contribution in [1.82, 2.24) is 4.98 Å². The van der Waals surface area contributed by atoms with Gasteiger partial charge in [0.2, 0.25) is 5.91 Å². The topological polar surface area (TPSA) is 59.2 Å². The van der Waals surface area contributed by atoms with Crippen LogP contribution in [0.2, 0.25) is 0 Å². The highest BCUT2D eigenvalue weighted by Gasteiger charge is 2.24. The fraction of sp³-hybridized carbons (Fsp3) is 0.286. The van der Waals surface area contributed by atoms with Gasteiger partial charge in [-0.05, 0) is 29.8 Å². The Balaban J connectivity index is 1.94. The highest BCUT2D eigenvalue weighted by molar-refractivity contribution is 7.15. The average molecular weight is 273 g/mol. The van der Waals surface area contributed by atoms with E-state index in [1.807, 2.05) is 25.4 Å². The van der Waals surface area contributed by atoms with E-state index in [2.05, 4.69) is 11.1 Å². The zero-order valence-electron chi connectivity index (χ0n) is 10.7. The molecule has 1 aliphatic rings. The first kappa shape index (κ1) is 12.3. The number of benzene rings is 1. The van der Waals surface area contributed by atoms with E-state index in [1.54, 1.807) is 16.2 Å². The maximum absolute atomic E-state index is 11.7. The summed E-state index contributed by atoms with van der Waals surface area (Å²) in [6.07, 6.45) is 3.20. The van der Waals surface area contributed by atoms with Crippen LogP contribution in [0.5, 0.6) is 0 Å². The second-order valence-corrected chi connectivity index (χ2v) is 5.75. The van der Waals surface area contributed by atoms with Crippen LogP contribution in [-0.2, 0) is 17.6 Å². The number of anilines is 1. The molecule has 1 aromatic carbocycles. The van der Waals surface area contributed by atoms with E-state index < -0.39 is 0 Å². The number of carbonyl (C=O) groups excluding carboxylic acids is 1. The van der Waals surface area contributed by atoms with Crippen LogP contribution in [0.3, 0.4) is 0 Å². The third-order valence-electron chi connectivity index (χ3n) is 3.35. The Hall–Kier alpha value is -1.72. The second-order valence-electron chi connectivity index (χ2n) is 4.63. The molecule has 0 saturated heterocycles. The van der Waals surface area contributed by atoms with Crippen molar-refractivity contribution in [3.8, 4) is 10.4 Å². The number of amides is 1. The van der Waals surface area contributed by atoms with Crippen molar-refractivity contribution in [3.63, 3.8) is 0 Å². The van der Waals surface area contributed by atoms with Gasteiger partial charge in [0.1, 0.15) is 0 Å². The van der Waals surface area contributed by atoms with Crippen molar-refractivity contribution in [2.45, 2.75) is 12.8 Å². The number of aromatic nitrogens is 1. The molecular weight excluding hydrogens is 258 g/mol. The molecule has 19 heavy (non-hydrogen) atoms. The average Bonchev–Trinajstić information content (AvgIpc) is 2.96. The molecule has 4 nitrogen and oxygen atoms in total. The maximum atomic E-state index is 11.7. The molecule has 0 radical (unpaired) electrons. The Morgan fingerprint density at radius 2 is 2.32 bits per heavy atom. The minimum absolute atomic E-state index is 0.153. The zero-order chi connectivity index (χ0) is 13.4. The van der Waals surface area contributed by atoms with Gasteiger partial charge in [-0.15, -0.1) is 11.3 Å². The standard InChI is InChI=1S/C14H15N3OS/c1-17-11-3-2-9(6-10(11)7-14(17)18)12-8-16-13(19-12)4-5-15/h2-3,6,8H,4-5,7,15H2,1H3. The minimum atomic E-state index is 0.153. The summed E-state index contributed by atoms with van der Waals surface area (Å²) >= 11 is 1.67. The number of rotatable bonds is 3. The van der Waals surface area contributed by atoms with Crippen molar-refractivity contribution in [2.24, 2.45) is 5.73 Å². The molecule has 5 heteroatoms. The van der Waals surface area contributed by atoms with Crippen LogP contribution in [0.1, 0.15) is 10.6 Å². The summed E-state index contributed by atoms with van der Waals surface area (Å²) in [7, 11) is 1.82. The van der Waals surface area contributed by atoms with Crippen molar-refractivity contribution in [3.05, 3.63) is 35.0 Å². The largest absolute Gasteiger partial charge is 0.330 e. The van der Waals surface area contributed by atoms with Crippen molar-refractivity contribution in [2.75, 3.05) is 18.5 Å². The number of nitrogens with two attached hydrogens (primary N) is 1. The van der Waals surface area contributed by atoms with E-state index in [0.29, 0.717) is 13.0 Å². The van der Waals surface area contributed by atoms with Crippen LogP contribution in [-0.4, -0.2) is 24.5 Å². The predicted octanol–water partition coefficient (Wildman–Crippen LogP) is 1.83. The Morgan fingerprint density at radius 3 is 3.11 bits per heavy atom. The molecule has 0 fully saturated rings. The van der Waals surface area contributed by atoms with E-state index in [9.17, 15) is 4.79 Å². The molecule has 0 aliphatic carbocycles. The second kappa shape index (κ2) is 4.75. The third-order valence-corrected chi connectivity index (χ3v) is 4.46. The monoisotopic (exact) mass is 273 g/mol. The van der Waals surface area contributed by atoms with Gasteiger partial charge in [-0.3, -0.25) is 4.79 Å². The summed E-state index contributed by atoms with van der Waals surface area (Å²) < 4.78 is 0. The maximum Gasteiger partial charge on any atom is 0.231 e. The van der Waals surface area contributed by atoms with Gasteiger partial charge in [-0.1, -0.05) is 6.07 Å². The van der Waals surface area contributed by atoms with Gasteiger partial charge in [0.25, 0.3) is 0 Å². The lowest BCUT2D eigenvalue weighted by molar-refractivity contribution is -0.117. The highest BCUT2D eigenvalue weighted by Crippen LogP contribution is 2.34. The Bertz CT molecular complexity index is 635. The lowest BCUT2D eigenvalue weighted by Gasteiger charge is -2.09. The van der Waals surface area contributed by atoms with Gasteiger partial charge in [-0.2, -0.15) is 0 Å². The fourth-order valence-corrected chi connectivity index (χ4v) is 3.24. The normalized spacial score (nSPS) is 14.0. The molecule has 98 valence electrons. The van der Waals surface area contributed by atoms with Crippen LogP contribution >= 0.6 is 11.3 Å². The SMILES string of the molecule is CN1C(=O)Cc2cc(-c3cnc(CCN)s3)ccc21. The number of hydrogen-bond acceptors (Lipinski definition) is 4. The third kappa shape index (κ3) is 2.15. The first-order valence-corrected chi connectivity index (χ1v) is 7.05. The summed E-state index contributed by atoms with van der Waals surface area (Å²) in [6.45, 7) is 0.621. The Kier molecular flexibility index (Phi) is 3.08. The fourth-order valence-electron chi connectivity index (χ4n) is 2.31. The molecule has 0 spiro atoms. The van der Waals surface area contributed by atoms with E-state index in [4.69, 9.17) is 5.73 Å². The number of likely N-dealkylation sites (N-methyl/N-ethyl adjacent to an activating group) is 1. The van der Waals surface area contributed by atoms with E-state index >= 15 is 0 Å². The van der Waals surface area contributed by atoms with Crippen molar-refractivity contribution in [1.29, 1.82) is 0 Å². The van der Waals surface area contributed by atoms with Crippen molar-refractivity contribution >= 4 is 22.9 Å². The summed E-state index contributed by atoms with van der Waals surface area (Å²) in [6, 6.07) is 6.15. The first-order chi connectivity index (χ1) is 9.19. The lowest BCUT2D eigenvalue weighted by Crippen LogP contribution is -2.20. The van der Waals surface area contributed by atoms with Gasteiger partial charge < -0.3 is 10.6 Å². The molecule has 0 saturated carbocycles. The van der Waals surface area contributed by atoms with Crippen LogP contribution in [0.4, 0.5) is 5.69 Å². The van der Waals surface area contributed by atoms with E-state index in [-0.39, 0.29) is 5.91 Å². The van der Waals surface area contributed by atoms with Crippen LogP contribution in [0.15, 0.2) is 24.4 Å². The smallest absolute Gasteiger partial charge is 0.231 e. The predicted molar refractivity (Wildman–Crippen MR) is 77.4 cm³/mol. The molecular formula is C14H15N3OS. The highest BCUT2D eigenvalue weighted by atomic mass is 32.1. The Morgan fingerprint density at radius 1 is 1.47 bits per heavy atom. The number of thiazole rings is 1. The molecule has 2 N–H and O–H groups in total. The van der Waals surface area contributed by atoms with Gasteiger partial charge in [0, 0.05) is 25.4 Å². The summed E-state index contributed by atoms with van der Waals surface area (Å²) in [4.78, 5) is 18.9. The Labute approximate surface area is 115 Å². The van der Waals surface area contributed by atoms with E-state index in [1.165, 1.54) is 0 Å². The minimum Gasteiger partial charge on any atom is -0.330 e. The van der Waals surface area contributed by atoms with Gasteiger partial charge in [0.05, 0.1) is 16.3 Å². The van der Waals surface area contributed by atoms with Gasteiger partial charge in [-0.25, -0.2) is 4.98 Å². The van der Waals surface area contributed by atoms with Crippen molar-refractivity contribution < 1.29 is 4.79 Å². The quantitative estimate of drug-likeness (QED) is 0.928. The summed E-state index contributed by atoms with van der Waals surface area (Å²) in [5.74, 6) is 0.153. The molecule has 1 aromatic heterocycles. The van der Waals surface area contributed by atoms with Crippen LogP contribution in [0, 0.1) is 0 Å². The first-order valence-electron chi connectivity index (χ1n) is 6.23. The number of fused-ring (bicyclic) bond motifs is 1. The lowest BCUT2D eigenvalue weighted by atomic mass is 10.1. The molecule has 3 rings (SSSR count).